The van der Waals surface area contributed by atoms with Gasteiger partial charge < -0.3 is 10.1 Å². The van der Waals surface area contributed by atoms with Gasteiger partial charge in [-0.05, 0) is 20.3 Å². The molecule has 4 heteroatoms. The van der Waals surface area contributed by atoms with Crippen LogP contribution in [0.1, 0.15) is 56.1 Å². The van der Waals surface area contributed by atoms with Crippen molar-refractivity contribution in [3.05, 3.63) is 22.8 Å². The first-order chi connectivity index (χ1) is 8.26. The van der Waals surface area contributed by atoms with Crippen molar-refractivity contribution >= 4 is 0 Å². The average Bonchev–Trinajstić information content (AvgIpc) is 2.78. The molecule has 0 aliphatic carbocycles. The van der Waals surface area contributed by atoms with E-state index in [0.29, 0.717) is 6.61 Å². The van der Waals surface area contributed by atoms with E-state index in [1.54, 1.807) is 0 Å². The molecule has 1 aromatic heterocycles. The fourth-order valence-electron chi connectivity index (χ4n) is 2.21. The van der Waals surface area contributed by atoms with Crippen molar-refractivity contribution in [3.8, 4) is 0 Å². The van der Waals surface area contributed by atoms with E-state index in [1.165, 1.54) is 11.3 Å². The largest absolute Gasteiger partial charge is 0.371 e. The van der Waals surface area contributed by atoms with Crippen LogP contribution in [-0.4, -0.2) is 16.6 Å². The second-order valence-electron chi connectivity index (χ2n) is 4.40. The first-order valence-corrected chi connectivity index (χ1v) is 6.47. The van der Waals surface area contributed by atoms with E-state index in [0.717, 1.165) is 37.4 Å². The van der Waals surface area contributed by atoms with Crippen LogP contribution in [0.4, 0.5) is 0 Å². The molecule has 4 nitrogen and oxygen atoms in total. The molecule has 0 saturated carbocycles. The number of nitrogens with zero attached hydrogens (tertiary/aromatic N) is 2. The fourth-order valence-corrected chi connectivity index (χ4v) is 2.21. The maximum absolute atomic E-state index is 5.58. The molecule has 1 aromatic rings. The van der Waals surface area contributed by atoms with Gasteiger partial charge in [-0.15, -0.1) is 0 Å². The van der Waals surface area contributed by atoms with Crippen LogP contribution >= 0.6 is 0 Å². The zero-order chi connectivity index (χ0) is 12.3. The molecule has 0 spiro atoms. The van der Waals surface area contributed by atoms with Crippen molar-refractivity contribution in [2.24, 2.45) is 0 Å². The number of aromatic nitrogens is 2. The maximum Gasteiger partial charge on any atom is 0.157 e. The van der Waals surface area contributed by atoms with E-state index in [2.05, 4.69) is 22.2 Å². The third-order valence-corrected chi connectivity index (χ3v) is 3.06. The van der Waals surface area contributed by atoms with Gasteiger partial charge in [-0.2, -0.15) is 0 Å². The van der Waals surface area contributed by atoms with Crippen molar-refractivity contribution in [2.75, 3.05) is 6.61 Å². The number of fused-ring (bicyclic) bond motifs is 1. The minimum atomic E-state index is -0.0125. The van der Waals surface area contributed by atoms with Gasteiger partial charge in [-0.3, -0.25) is 0 Å². The average molecular weight is 235 g/mol. The van der Waals surface area contributed by atoms with E-state index in [1.807, 2.05) is 13.8 Å². The summed E-state index contributed by atoms with van der Waals surface area (Å²) in [7, 11) is 0. The van der Waals surface area contributed by atoms with Crippen LogP contribution in [0.2, 0.25) is 0 Å². The SMILES string of the molecule is CCCc1nc(C(C)OCC)nc2c1CNC2. The highest BCUT2D eigenvalue weighted by molar-refractivity contribution is 5.29. The summed E-state index contributed by atoms with van der Waals surface area (Å²) in [5, 5.41) is 3.34. The van der Waals surface area contributed by atoms with E-state index in [9.17, 15) is 0 Å². The highest BCUT2D eigenvalue weighted by Gasteiger charge is 2.20. The molecule has 17 heavy (non-hydrogen) atoms. The van der Waals surface area contributed by atoms with Gasteiger partial charge in [0.05, 0.1) is 5.69 Å². The second-order valence-corrected chi connectivity index (χ2v) is 4.40. The molecule has 0 aromatic carbocycles. The summed E-state index contributed by atoms with van der Waals surface area (Å²) in [5.74, 6) is 0.831. The van der Waals surface area contributed by atoms with Crippen molar-refractivity contribution in [3.63, 3.8) is 0 Å². The summed E-state index contributed by atoms with van der Waals surface area (Å²) in [5.41, 5.74) is 3.66. The van der Waals surface area contributed by atoms with Gasteiger partial charge in [-0.1, -0.05) is 13.3 Å². The van der Waals surface area contributed by atoms with Crippen LogP contribution in [0, 0.1) is 0 Å². The number of nitrogens with one attached hydrogen (secondary N) is 1. The van der Waals surface area contributed by atoms with Crippen LogP contribution in [-0.2, 0) is 24.2 Å². The van der Waals surface area contributed by atoms with Gasteiger partial charge in [0, 0.05) is 31.0 Å². The Morgan fingerprint density at radius 3 is 2.82 bits per heavy atom. The normalized spacial score (nSPS) is 15.9. The molecule has 0 amide bonds. The lowest BCUT2D eigenvalue weighted by molar-refractivity contribution is 0.0697. The Bertz CT molecular complexity index is 392. The Labute approximate surface area is 103 Å². The predicted octanol–water partition coefficient (Wildman–Crippen LogP) is 2.13. The molecule has 2 rings (SSSR count). The molecule has 94 valence electrons. The van der Waals surface area contributed by atoms with Gasteiger partial charge in [0.1, 0.15) is 6.10 Å². The van der Waals surface area contributed by atoms with Gasteiger partial charge in [-0.25, -0.2) is 9.97 Å². The zero-order valence-corrected chi connectivity index (χ0v) is 10.9. The third kappa shape index (κ3) is 2.64. The molecule has 2 heterocycles. The minimum Gasteiger partial charge on any atom is -0.371 e. The molecule has 1 N–H and O–H groups in total. The van der Waals surface area contributed by atoms with E-state index in [4.69, 9.17) is 4.74 Å². The second kappa shape index (κ2) is 5.56. The summed E-state index contributed by atoms with van der Waals surface area (Å²) in [6.45, 7) is 8.67. The van der Waals surface area contributed by atoms with Crippen molar-refractivity contribution in [1.29, 1.82) is 0 Å². The minimum absolute atomic E-state index is 0.0125. The van der Waals surface area contributed by atoms with E-state index < -0.39 is 0 Å². The van der Waals surface area contributed by atoms with Crippen LogP contribution in [0.15, 0.2) is 0 Å². The molecule has 1 aliphatic rings. The zero-order valence-electron chi connectivity index (χ0n) is 10.9. The van der Waals surface area contributed by atoms with Gasteiger partial charge in [0.2, 0.25) is 0 Å². The van der Waals surface area contributed by atoms with Crippen molar-refractivity contribution in [2.45, 2.75) is 52.8 Å². The number of rotatable bonds is 5. The van der Waals surface area contributed by atoms with Crippen LogP contribution in [0.5, 0.6) is 0 Å². The summed E-state index contributed by atoms with van der Waals surface area (Å²) < 4.78 is 5.58. The molecular weight excluding hydrogens is 214 g/mol. The third-order valence-electron chi connectivity index (χ3n) is 3.06. The first-order valence-electron chi connectivity index (χ1n) is 6.47. The van der Waals surface area contributed by atoms with E-state index in [-0.39, 0.29) is 6.10 Å². The van der Waals surface area contributed by atoms with E-state index >= 15 is 0 Å². The Hall–Kier alpha value is -1.00. The fraction of sp³-hybridized carbons (Fsp3) is 0.692. The lowest BCUT2D eigenvalue weighted by atomic mass is 10.1. The molecular formula is C13H21N3O. The molecule has 0 radical (unpaired) electrons. The van der Waals surface area contributed by atoms with Crippen molar-refractivity contribution in [1.82, 2.24) is 15.3 Å². The summed E-state index contributed by atoms with van der Waals surface area (Å²) >= 11 is 0. The number of aryl methyl sites for hydroxylation is 1. The quantitative estimate of drug-likeness (QED) is 0.849. The summed E-state index contributed by atoms with van der Waals surface area (Å²) in [6, 6.07) is 0. The Morgan fingerprint density at radius 2 is 2.12 bits per heavy atom. The molecule has 0 bridgehead atoms. The topological polar surface area (TPSA) is 47.0 Å². The highest BCUT2D eigenvalue weighted by atomic mass is 16.5. The van der Waals surface area contributed by atoms with Crippen LogP contribution in [0.25, 0.3) is 0 Å². The monoisotopic (exact) mass is 235 g/mol. The Morgan fingerprint density at radius 1 is 1.29 bits per heavy atom. The molecule has 0 fully saturated rings. The lowest BCUT2D eigenvalue weighted by Gasteiger charge is -2.14. The molecule has 1 atom stereocenters. The molecule has 1 aliphatic heterocycles. The Balaban J connectivity index is 2.32. The number of hydrogen-bond donors (Lipinski definition) is 1. The number of ether oxygens (including phenoxy) is 1. The smallest absolute Gasteiger partial charge is 0.157 e. The van der Waals surface area contributed by atoms with Crippen molar-refractivity contribution < 1.29 is 4.74 Å². The van der Waals surface area contributed by atoms with Crippen LogP contribution in [0.3, 0.4) is 0 Å². The summed E-state index contributed by atoms with van der Waals surface area (Å²) in [6.07, 6.45) is 2.13. The van der Waals surface area contributed by atoms with Gasteiger partial charge >= 0.3 is 0 Å². The van der Waals surface area contributed by atoms with Gasteiger partial charge in [0.15, 0.2) is 5.82 Å². The number of hydrogen-bond acceptors (Lipinski definition) is 4. The molecule has 1 unspecified atom stereocenters. The first kappa shape index (κ1) is 12.5. The molecule has 0 saturated heterocycles. The van der Waals surface area contributed by atoms with Gasteiger partial charge in [0.25, 0.3) is 0 Å². The summed E-state index contributed by atoms with van der Waals surface area (Å²) in [4.78, 5) is 9.29. The Kier molecular flexibility index (Phi) is 4.07. The van der Waals surface area contributed by atoms with Crippen LogP contribution < -0.4 is 5.32 Å². The predicted molar refractivity (Wildman–Crippen MR) is 66.6 cm³/mol. The highest BCUT2D eigenvalue weighted by Crippen LogP contribution is 2.21. The maximum atomic E-state index is 5.58. The lowest BCUT2D eigenvalue weighted by Crippen LogP contribution is -2.10. The standard InChI is InChI=1S/C13H21N3O/c1-4-6-11-10-7-14-8-12(10)16-13(15-11)9(3)17-5-2/h9,14H,4-8H2,1-3H3.